The lowest BCUT2D eigenvalue weighted by Crippen LogP contribution is -2.45. The molecule has 5 nitrogen and oxygen atoms in total. The normalized spacial score (nSPS) is 10.4. The van der Waals surface area contributed by atoms with E-state index in [0.29, 0.717) is 11.0 Å². The fraction of sp³-hybridized carbons (Fsp3) is 0.333. The Morgan fingerprint density at radius 3 is 2.30 bits per heavy atom. The number of thiocarbonyl (C=S) groups is 1. The van der Waals surface area contributed by atoms with Gasteiger partial charge in [0.25, 0.3) is 5.91 Å². The van der Waals surface area contributed by atoms with E-state index in [4.69, 9.17) is 17.0 Å². The number of aryl methyl sites for hydroxylation is 3. The lowest BCUT2D eigenvalue weighted by atomic mass is 10.0. The van der Waals surface area contributed by atoms with E-state index in [1.54, 1.807) is 0 Å². The van der Waals surface area contributed by atoms with Gasteiger partial charge in [0.1, 0.15) is 5.75 Å². The second-order valence-electron chi connectivity index (χ2n) is 6.99. The van der Waals surface area contributed by atoms with Crippen molar-refractivity contribution in [3.63, 3.8) is 0 Å². The van der Waals surface area contributed by atoms with Gasteiger partial charge in [-0.05, 0) is 79.4 Å². The molecule has 0 aliphatic carbocycles. The van der Waals surface area contributed by atoms with E-state index in [9.17, 15) is 4.79 Å². The Balaban J connectivity index is 1.84. The smallest absolute Gasteiger partial charge is 0.276 e. The Bertz CT molecular complexity index is 814. The van der Waals surface area contributed by atoms with Gasteiger partial charge in [-0.3, -0.25) is 15.6 Å². The summed E-state index contributed by atoms with van der Waals surface area (Å²) in [5.41, 5.74) is 10.6. The van der Waals surface area contributed by atoms with Crippen LogP contribution in [0.2, 0.25) is 0 Å². The molecule has 0 aromatic heterocycles. The molecule has 0 unspecified atom stereocenters. The predicted octanol–water partition coefficient (Wildman–Crippen LogP) is 4.13. The zero-order valence-corrected chi connectivity index (χ0v) is 17.3. The highest BCUT2D eigenvalue weighted by Crippen LogP contribution is 2.27. The maximum absolute atomic E-state index is 12.1. The molecule has 0 aliphatic rings. The van der Waals surface area contributed by atoms with Crippen molar-refractivity contribution >= 4 is 28.9 Å². The monoisotopic (exact) mass is 385 g/mol. The number of carbonyl (C=O) groups is 1. The number of amides is 1. The third-order valence-electron chi connectivity index (χ3n) is 3.94. The molecule has 2 rings (SSSR count). The number of hydrogen-bond acceptors (Lipinski definition) is 3. The second kappa shape index (κ2) is 9.37. The first kappa shape index (κ1) is 20.7. The summed E-state index contributed by atoms with van der Waals surface area (Å²) in [4.78, 5) is 12.1. The van der Waals surface area contributed by atoms with Crippen LogP contribution in [0, 0.1) is 20.8 Å². The number of rotatable bonds is 5. The van der Waals surface area contributed by atoms with Gasteiger partial charge < -0.3 is 10.1 Å². The molecule has 0 aliphatic heterocycles. The summed E-state index contributed by atoms with van der Waals surface area (Å²) in [6.45, 7) is 10.1. The van der Waals surface area contributed by atoms with E-state index >= 15 is 0 Å². The lowest BCUT2D eigenvalue weighted by molar-refractivity contribution is -0.123. The zero-order valence-electron chi connectivity index (χ0n) is 16.5. The first-order valence-electron chi connectivity index (χ1n) is 8.92. The van der Waals surface area contributed by atoms with Crippen LogP contribution in [0.4, 0.5) is 5.69 Å². The number of benzene rings is 2. The van der Waals surface area contributed by atoms with Crippen LogP contribution in [-0.2, 0) is 4.79 Å². The fourth-order valence-electron chi connectivity index (χ4n) is 2.76. The van der Waals surface area contributed by atoms with E-state index in [1.807, 2.05) is 51.1 Å². The van der Waals surface area contributed by atoms with Gasteiger partial charge >= 0.3 is 0 Å². The second-order valence-corrected chi connectivity index (χ2v) is 7.40. The van der Waals surface area contributed by atoms with Crippen LogP contribution in [0.25, 0.3) is 0 Å². The van der Waals surface area contributed by atoms with Gasteiger partial charge in [0.15, 0.2) is 11.7 Å². The topological polar surface area (TPSA) is 62.4 Å². The summed E-state index contributed by atoms with van der Waals surface area (Å²) in [6.07, 6.45) is 0. The Hall–Kier alpha value is -2.60. The highest BCUT2D eigenvalue weighted by molar-refractivity contribution is 7.80. The standard InChI is InChI=1S/C21H27N3O2S/c1-13(2)18-7-6-14(3)11-19(18)26-12-20(25)23-24-21(27)22-17-9-15(4)8-16(5)10-17/h6-11,13H,12H2,1-5H3,(H,23,25)(H2,22,24,27). The number of carbonyl (C=O) groups excluding carboxylic acids is 1. The molecule has 27 heavy (non-hydrogen) atoms. The first-order chi connectivity index (χ1) is 12.7. The molecule has 0 spiro atoms. The highest BCUT2D eigenvalue weighted by atomic mass is 32.1. The summed E-state index contributed by atoms with van der Waals surface area (Å²) in [5.74, 6) is 0.739. The van der Waals surface area contributed by atoms with Gasteiger partial charge in [-0.25, -0.2) is 0 Å². The summed E-state index contributed by atoms with van der Waals surface area (Å²) in [5, 5.41) is 3.36. The minimum Gasteiger partial charge on any atom is -0.483 e. The molecule has 0 radical (unpaired) electrons. The van der Waals surface area contributed by atoms with Crippen LogP contribution in [0.3, 0.4) is 0 Å². The van der Waals surface area contributed by atoms with Crippen LogP contribution in [0.5, 0.6) is 5.75 Å². The number of ether oxygens (including phenoxy) is 1. The Labute approximate surface area is 166 Å². The van der Waals surface area contributed by atoms with Crippen molar-refractivity contribution < 1.29 is 9.53 Å². The Morgan fingerprint density at radius 2 is 1.67 bits per heavy atom. The van der Waals surface area contributed by atoms with Gasteiger partial charge in [-0.15, -0.1) is 0 Å². The molecule has 6 heteroatoms. The van der Waals surface area contributed by atoms with Crippen molar-refractivity contribution in [1.82, 2.24) is 10.9 Å². The van der Waals surface area contributed by atoms with Crippen LogP contribution < -0.4 is 20.9 Å². The van der Waals surface area contributed by atoms with Crippen molar-refractivity contribution in [2.45, 2.75) is 40.5 Å². The molecule has 144 valence electrons. The number of hydrazine groups is 1. The van der Waals surface area contributed by atoms with Crippen LogP contribution in [0.15, 0.2) is 36.4 Å². The summed E-state index contributed by atoms with van der Waals surface area (Å²) in [6, 6.07) is 12.1. The molecular formula is C21H27N3O2S. The lowest BCUT2D eigenvalue weighted by Gasteiger charge is -2.16. The summed E-state index contributed by atoms with van der Waals surface area (Å²) < 4.78 is 5.71. The van der Waals surface area contributed by atoms with Crippen LogP contribution in [-0.4, -0.2) is 17.6 Å². The predicted molar refractivity (Wildman–Crippen MR) is 114 cm³/mol. The third kappa shape index (κ3) is 6.57. The number of nitrogens with one attached hydrogen (secondary N) is 3. The summed E-state index contributed by atoms with van der Waals surface area (Å²) >= 11 is 5.21. The zero-order chi connectivity index (χ0) is 20.0. The largest absolute Gasteiger partial charge is 0.483 e. The Kier molecular flexibility index (Phi) is 7.19. The molecule has 0 bridgehead atoms. The molecule has 0 saturated carbocycles. The highest BCUT2D eigenvalue weighted by Gasteiger charge is 2.10. The first-order valence-corrected chi connectivity index (χ1v) is 9.33. The van der Waals surface area contributed by atoms with Gasteiger partial charge in [0.2, 0.25) is 0 Å². The molecule has 0 saturated heterocycles. The van der Waals surface area contributed by atoms with Gasteiger partial charge in [-0.1, -0.05) is 32.0 Å². The fourth-order valence-corrected chi connectivity index (χ4v) is 2.93. The van der Waals surface area contributed by atoms with Crippen molar-refractivity contribution in [2.75, 3.05) is 11.9 Å². The quantitative estimate of drug-likeness (QED) is 0.534. The minimum atomic E-state index is -0.309. The van der Waals surface area contributed by atoms with E-state index in [1.165, 1.54) is 0 Å². The van der Waals surface area contributed by atoms with Crippen molar-refractivity contribution in [1.29, 1.82) is 0 Å². The van der Waals surface area contributed by atoms with Crippen molar-refractivity contribution in [3.8, 4) is 5.75 Å². The molecular weight excluding hydrogens is 358 g/mol. The van der Waals surface area contributed by atoms with E-state index in [-0.39, 0.29) is 12.5 Å². The van der Waals surface area contributed by atoms with Gasteiger partial charge in [0, 0.05) is 5.69 Å². The molecule has 2 aromatic rings. The van der Waals surface area contributed by atoms with E-state index in [2.05, 4.69) is 36.1 Å². The van der Waals surface area contributed by atoms with Crippen molar-refractivity contribution in [2.24, 2.45) is 0 Å². The molecule has 1 amide bonds. The average Bonchev–Trinajstić information content (AvgIpc) is 2.57. The van der Waals surface area contributed by atoms with Crippen molar-refractivity contribution in [3.05, 3.63) is 58.7 Å². The minimum absolute atomic E-state index is 0.0949. The van der Waals surface area contributed by atoms with Gasteiger partial charge in [0.05, 0.1) is 0 Å². The van der Waals surface area contributed by atoms with E-state index < -0.39 is 0 Å². The van der Waals surface area contributed by atoms with E-state index in [0.717, 1.165) is 33.7 Å². The molecule has 0 fully saturated rings. The maximum atomic E-state index is 12.1. The third-order valence-corrected chi connectivity index (χ3v) is 4.15. The molecule has 0 atom stereocenters. The van der Waals surface area contributed by atoms with Crippen LogP contribution in [0.1, 0.15) is 42.0 Å². The number of anilines is 1. The maximum Gasteiger partial charge on any atom is 0.276 e. The number of hydrogen-bond donors (Lipinski definition) is 3. The molecule has 2 aromatic carbocycles. The van der Waals surface area contributed by atoms with Crippen LogP contribution >= 0.6 is 12.2 Å². The molecule has 3 N–H and O–H groups in total. The Morgan fingerprint density at radius 1 is 1.00 bits per heavy atom. The molecule has 0 heterocycles. The summed E-state index contributed by atoms with van der Waals surface area (Å²) in [7, 11) is 0. The SMILES string of the molecule is Cc1cc(C)cc(NC(=S)NNC(=O)COc2cc(C)ccc2C(C)C)c1. The van der Waals surface area contributed by atoms with Gasteiger partial charge in [-0.2, -0.15) is 0 Å². The average molecular weight is 386 g/mol.